The first-order valence-electron chi connectivity index (χ1n) is 34.2. The van der Waals surface area contributed by atoms with Crippen LogP contribution >= 0.6 is 22.6 Å². The van der Waals surface area contributed by atoms with Gasteiger partial charge in [0.15, 0.2) is 0 Å². The summed E-state index contributed by atoms with van der Waals surface area (Å²) in [6.07, 6.45) is 29.9. The highest BCUT2D eigenvalue weighted by molar-refractivity contribution is 14.1. The molecule has 0 amide bonds. The molecule has 3 N–H and O–H groups in total. The Hall–Kier alpha value is -6.06. The minimum atomic E-state index is -3.59. The van der Waals surface area contributed by atoms with E-state index in [4.69, 9.17) is 19.2 Å². The number of nitrogens with one attached hydrogen (secondary N) is 3. The molecule has 0 saturated carbocycles. The van der Waals surface area contributed by atoms with Crippen LogP contribution in [0.25, 0.3) is 0 Å². The van der Waals surface area contributed by atoms with Crippen molar-refractivity contribution in [2.24, 2.45) is 0 Å². The Kier molecular flexibility index (Phi) is 34.6. The van der Waals surface area contributed by atoms with Gasteiger partial charge in [-0.1, -0.05) is 234 Å². The molecule has 9 rings (SSSR count). The largest absolute Gasteiger partial charge is 0.373 e. The fourth-order valence-electron chi connectivity index (χ4n) is 12.6. The second-order valence-corrected chi connectivity index (χ2v) is 31.8. The van der Waals surface area contributed by atoms with Gasteiger partial charge < -0.3 is 16.0 Å². The van der Waals surface area contributed by atoms with Crippen LogP contribution in [-0.2, 0) is 49.2 Å². The third-order valence-corrected chi connectivity index (χ3v) is 24.0. The number of benzene rings is 6. The zero-order valence-corrected chi connectivity index (χ0v) is 61.9. The smallest absolute Gasteiger partial charge is 0.306 e. The van der Waals surface area contributed by atoms with Gasteiger partial charge in [-0.05, 0) is 162 Å². The SMILES string of the molecule is CCCCCCCCCCCNC1c2ccccc2N(C)S(=O)(=O)c2cc(C)ccc21.CCCCCCCCCCCNC1c2ccccc2N(C)S(=O)(=O)c2cc(I)ccc21.CCCCCCCNC1c2ccccc2N(C)S(=O)(=O)c2cc(C)ccc21.O=C=O.O=C=O. The summed E-state index contributed by atoms with van der Waals surface area (Å²) in [5.41, 5.74) is 9.73. The number of nitrogens with zero attached hydrogens (tertiary/aromatic N) is 3. The summed E-state index contributed by atoms with van der Waals surface area (Å²) in [5, 5.41) is 11.0. The Morgan fingerprint density at radius 3 is 0.874 bits per heavy atom. The van der Waals surface area contributed by atoms with E-state index in [-0.39, 0.29) is 30.4 Å². The normalized spacial score (nSPS) is 16.4. The van der Waals surface area contributed by atoms with E-state index in [0.717, 1.165) is 104 Å². The van der Waals surface area contributed by atoms with Crippen molar-refractivity contribution < 1.29 is 44.4 Å². The zero-order valence-electron chi connectivity index (χ0n) is 57.3. The number of anilines is 3. The number of hydrogen-bond acceptors (Lipinski definition) is 13. The Morgan fingerprint density at radius 1 is 0.347 bits per heavy atom. The number of unbranched alkanes of at least 4 members (excludes halogenated alkanes) is 20. The van der Waals surface area contributed by atoms with E-state index >= 15 is 0 Å². The standard InChI is InChI=1S/C26H38N2O2S.C25H35IN2O2S.C22H30N2O2S.2CO2/c1-4-5-6-7-8-9-10-11-14-19-27-26-22-15-12-13-16-24(22)28(3)31(29,30)25-20-21(2)17-18-23(25)26;1-3-4-5-6-7-8-9-10-13-18-27-25-21-14-11-12-15-23(21)28(2)31(29,30)24-19-20(26)16-17-22(24)25;1-4-5-6-7-10-15-23-22-18-11-8-9-12-20(18)24(3)27(25,26)21-16-17(2)13-14-19(21)22;2*2-1-3/h12-13,15-18,20,26-27H,4-11,14,19H2,1-3H3;11-12,14-17,19,25,27H,3-10,13,18H2,1-2H3;8-9,11-14,16,22-23H,4-7,10,15H2,1-3H3;;. The molecular formula is C75H103IN6O10S3. The lowest BCUT2D eigenvalue weighted by atomic mass is 9.96. The predicted octanol–water partition coefficient (Wildman–Crippen LogP) is 16.6. The Balaban J connectivity index is 0.000000248. The molecule has 3 aliphatic rings. The van der Waals surface area contributed by atoms with Crippen molar-refractivity contribution >= 4 is 82.0 Å². The number of para-hydroxylation sites is 3. The highest BCUT2D eigenvalue weighted by Gasteiger charge is 2.38. The summed E-state index contributed by atoms with van der Waals surface area (Å²) < 4.78 is 85.0. The molecule has 0 saturated heterocycles. The highest BCUT2D eigenvalue weighted by atomic mass is 127. The van der Waals surface area contributed by atoms with Crippen LogP contribution < -0.4 is 28.9 Å². The third-order valence-electron chi connectivity index (χ3n) is 17.8. The number of rotatable bonds is 29. The summed E-state index contributed by atoms with van der Waals surface area (Å²) in [4.78, 5) is 33.7. The van der Waals surface area contributed by atoms with E-state index in [1.54, 1.807) is 39.3 Å². The third kappa shape index (κ3) is 22.5. The lowest BCUT2D eigenvalue weighted by Gasteiger charge is -2.22. The monoisotopic (exact) mass is 1470 g/mol. The van der Waals surface area contributed by atoms with Crippen LogP contribution in [0.5, 0.6) is 0 Å². The van der Waals surface area contributed by atoms with E-state index in [1.165, 1.54) is 141 Å². The van der Waals surface area contributed by atoms with Gasteiger partial charge in [0, 0.05) is 24.7 Å². The minimum Gasteiger partial charge on any atom is -0.306 e. The first kappa shape index (κ1) is 79.6. The van der Waals surface area contributed by atoms with Gasteiger partial charge >= 0.3 is 12.3 Å². The molecule has 3 unspecified atom stereocenters. The zero-order chi connectivity index (χ0) is 69.4. The number of aryl methyl sites for hydroxylation is 2. The number of carbonyl (C=O) groups excluding carboxylic acids is 4. The molecule has 3 aliphatic heterocycles. The molecular weight excluding hydrogens is 1370 g/mol. The predicted molar refractivity (Wildman–Crippen MR) is 390 cm³/mol. The van der Waals surface area contributed by atoms with Gasteiger partial charge in [0.25, 0.3) is 30.1 Å². The van der Waals surface area contributed by atoms with Gasteiger partial charge in [0.1, 0.15) is 0 Å². The highest BCUT2D eigenvalue weighted by Crippen LogP contribution is 2.43. The molecule has 3 atom stereocenters. The van der Waals surface area contributed by atoms with Crippen LogP contribution in [0.2, 0.25) is 0 Å². The van der Waals surface area contributed by atoms with Crippen LogP contribution in [0.1, 0.15) is 231 Å². The number of hydrogen-bond donors (Lipinski definition) is 3. The summed E-state index contributed by atoms with van der Waals surface area (Å²) in [5.74, 6) is 0. The Morgan fingerprint density at radius 2 is 0.589 bits per heavy atom. The molecule has 20 heteroatoms. The fraction of sp³-hybridized carbons (Fsp3) is 0.493. The molecule has 3 heterocycles. The van der Waals surface area contributed by atoms with Crippen LogP contribution in [-0.4, -0.2) is 78.3 Å². The fourth-order valence-corrected chi connectivity index (χ4v) is 17.8. The van der Waals surface area contributed by atoms with E-state index in [1.807, 2.05) is 123 Å². The van der Waals surface area contributed by atoms with E-state index in [2.05, 4.69) is 59.3 Å². The lowest BCUT2D eigenvalue weighted by molar-refractivity contribution is -0.193. The van der Waals surface area contributed by atoms with Gasteiger partial charge in [0.05, 0.1) is 49.9 Å². The van der Waals surface area contributed by atoms with E-state index in [9.17, 15) is 25.3 Å². The average Bonchev–Trinajstić information content (AvgIpc) is 1.64. The number of halogens is 1. The Bertz CT molecular complexity index is 3600. The maximum atomic E-state index is 13.3. The molecule has 0 fully saturated rings. The van der Waals surface area contributed by atoms with Crippen molar-refractivity contribution in [2.75, 3.05) is 53.7 Å². The summed E-state index contributed by atoms with van der Waals surface area (Å²) in [7, 11) is -5.79. The lowest BCUT2D eigenvalue weighted by Crippen LogP contribution is -2.26. The van der Waals surface area contributed by atoms with Crippen molar-refractivity contribution in [3.8, 4) is 0 Å². The second-order valence-electron chi connectivity index (χ2n) is 24.8. The van der Waals surface area contributed by atoms with E-state index in [0.29, 0.717) is 14.7 Å². The molecule has 6 aromatic rings. The van der Waals surface area contributed by atoms with Gasteiger partial charge in [-0.3, -0.25) is 12.9 Å². The quantitative estimate of drug-likeness (QED) is 0.0295. The number of fused-ring (bicyclic) bond motifs is 6. The molecule has 0 spiro atoms. The van der Waals surface area contributed by atoms with Crippen LogP contribution in [0.15, 0.2) is 142 Å². The summed E-state index contributed by atoms with van der Waals surface area (Å²) in [6.45, 7) is 13.2. The second kappa shape index (κ2) is 41.3. The van der Waals surface area contributed by atoms with Crippen molar-refractivity contribution in [3.05, 3.63) is 175 Å². The Labute approximate surface area is 582 Å². The van der Waals surface area contributed by atoms with Gasteiger partial charge in [-0.25, -0.2) is 25.3 Å². The molecule has 0 bridgehead atoms. The summed E-state index contributed by atoms with van der Waals surface area (Å²) >= 11 is 2.18. The van der Waals surface area contributed by atoms with Crippen molar-refractivity contribution in [1.82, 2.24) is 16.0 Å². The first-order valence-corrected chi connectivity index (χ1v) is 39.6. The topological polar surface area (TPSA) is 217 Å². The molecule has 16 nitrogen and oxygen atoms in total. The summed E-state index contributed by atoms with van der Waals surface area (Å²) in [6, 6.07) is 40.4. The van der Waals surface area contributed by atoms with Crippen molar-refractivity contribution in [2.45, 2.75) is 215 Å². The minimum absolute atomic E-state index is 0.122. The molecule has 518 valence electrons. The van der Waals surface area contributed by atoms with Crippen LogP contribution in [0, 0.1) is 17.4 Å². The van der Waals surface area contributed by atoms with Crippen molar-refractivity contribution in [1.29, 1.82) is 0 Å². The van der Waals surface area contributed by atoms with E-state index < -0.39 is 30.1 Å². The maximum Gasteiger partial charge on any atom is 0.373 e. The molecule has 0 aromatic heterocycles. The molecule has 0 radical (unpaired) electrons. The molecule has 95 heavy (non-hydrogen) atoms. The maximum absolute atomic E-state index is 13.3. The average molecular weight is 1470 g/mol. The first-order chi connectivity index (χ1) is 45.7. The van der Waals surface area contributed by atoms with Crippen molar-refractivity contribution in [3.63, 3.8) is 0 Å². The number of sulfonamides is 3. The van der Waals surface area contributed by atoms with Crippen LogP contribution in [0.4, 0.5) is 17.1 Å². The van der Waals surface area contributed by atoms with Gasteiger partial charge in [-0.15, -0.1) is 0 Å². The van der Waals surface area contributed by atoms with Gasteiger partial charge in [0.2, 0.25) is 0 Å². The van der Waals surface area contributed by atoms with Crippen LogP contribution in [0.3, 0.4) is 0 Å². The molecule has 6 aromatic carbocycles. The molecule has 0 aliphatic carbocycles. The van der Waals surface area contributed by atoms with Gasteiger partial charge in [-0.2, -0.15) is 19.2 Å².